The molecule has 0 fully saturated rings. The van der Waals surface area contributed by atoms with E-state index in [1.165, 1.54) is 0 Å². The SMILES string of the molecule is COc1cc(Cl)cc(CCl)c1OCc1ccccn1. The van der Waals surface area contributed by atoms with Crippen LogP contribution in [0.4, 0.5) is 0 Å². The highest BCUT2D eigenvalue weighted by Crippen LogP contribution is 2.36. The van der Waals surface area contributed by atoms with Gasteiger partial charge >= 0.3 is 0 Å². The lowest BCUT2D eigenvalue weighted by Crippen LogP contribution is -2.02. The maximum absolute atomic E-state index is 5.99. The zero-order chi connectivity index (χ0) is 13.7. The van der Waals surface area contributed by atoms with E-state index in [0.29, 0.717) is 29.0 Å². The summed E-state index contributed by atoms with van der Waals surface area (Å²) in [6.45, 7) is 0.350. The summed E-state index contributed by atoms with van der Waals surface area (Å²) in [5.41, 5.74) is 1.63. The third-order valence-corrected chi connectivity index (χ3v) is 3.06. The fraction of sp³-hybridized carbons (Fsp3) is 0.214. The lowest BCUT2D eigenvalue weighted by molar-refractivity contribution is 0.278. The number of methoxy groups -OCH3 is 1. The van der Waals surface area contributed by atoms with Crippen LogP contribution in [0, 0.1) is 0 Å². The van der Waals surface area contributed by atoms with Gasteiger partial charge in [-0.1, -0.05) is 17.7 Å². The Hall–Kier alpha value is -1.45. The zero-order valence-corrected chi connectivity index (χ0v) is 11.9. The molecular formula is C14H13Cl2NO2. The van der Waals surface area contributed by atoms with Crippen LogP contribution >= 0.6 is 23.2 Å². The first kappa shape index (κ1) is 14.0. The Balaban J connectivity index is 2.23. The van der Waals surface area contributed by atoms with Crippen LogP contribution in [0.5, 0.6) is 11.5 Å². The Morgan fingerprint density at radius 1 is 1.26 bits per heavy atom. The molecule has 0 spiro atoms. The fourth-order valence-electron chi connectivity index (χ4n) is 1.67. The van der Waals surface area contributed by atoms with Gasteiger partial charge in [0.2, 0.25) is 0 Å². The molecule has 0 atom stereocenters. The van der Waals surface area contributed by atoms with Crippen molar-refractivity contribution in [3.63, 3.8) is 0 Å². The van der Waals surface area contributed by atoms with Gasteiger partial charge in [0.25, 0.3) is 0 Å². The topological polar surface area (TPSA) is 31.4 Å². The van der Waals surface area contributed by atoms with Crippen LogP contribution in [0.3, 0.4) is 0 Å². The van der Waals surface area contributed by atoms with Crippen molar-refractivity contribution in [3.05, 3.63) is 52.8 Å². The van der Waals surface area contributed by atoms with Gasteiger partial charge in [-0.25, -0.2) is 0 Å². The first-order valence-electron chi connectivity index (χ1n) is 5.69. The maximum atomic E-state index is 5.99. The molecule has 0 unspecified atom stereocenters. The molecule has 0 aliphatic carbocycles. The number of rotatable bonds is 5. The molecule has 100 valence electrons. The zero-order valence-electron chi connectivity index (χ0n) is 10.4. The van der Waals surface area contributed by atoms with E-state index < -0.39 is 0 Å². The molecule has 0 aliphatic rings. The van der Waals surface area contributed by atoms with Gasteiger partial charge in [0.05, 0.1) is 18.7 Å². The van der Waals surface area contributed by atoms with Crippen molar-refractivity contribution < 1.29 is 9.47 Å². The van der Waals surface area contributed by atoms with Gasteiger partial charge in [-0.2, -0.15) is 0 Å². The number of ether oxygens (including phenoxy) is 2. The molecule has 19 heavy (non-hydrogen) atoms. The monoisotopic (exact) mass is 297 g/mol. The van der Waals surface area contributed by atoms with E-state index in [2.05, 4.69) is 4.98 Å². The molecular weight excluding hydrogens is 285 g/mol. The van der Waals surface area contributed by atoms with E-state index in [1.54, 1.807) is 25.4 Å². The number of hydrogen-bond acceptors (Lipinski definition) is 3. The Bertz CT molecular complexity index is 521. The summed E-state index contributed by atoms with van der Waals surface area (Å²) in [5.74, 6) is 1.47. The van der Waals surface area contributed by atoms with E-state index >= 15 is 0 Å². The fourth-order valence-corrected chi connectivity index (χ4v) is 2.10. The number of hydrogen-bond donors (Lipinski definition) is 0. The summed E-state index contributed by atoms with van der Waals surface area (Å²) >= 11 is 11.9. The smallest absolute Gasteiger partial charge is 0.166 e. The Morgan fingerprint density at radius 2 is 2.11 bits per heavy atom. The second-order valence-corrected chi connectivity index (χ2v) is 4.54. The molecule has 0 aliphatic heterocycles. The summed E-state index contributed by atoms with van der Waals surface area (Å²) in [7, 11) is 1.57. The van der Waals surface area contributed by atoms with Crippen molar-refractivity contribution in [2.24, 2.45) is 0 Å². The van der Waals surface area contributed by atoms with Crippen molar-refractivity contribution in [2.75, 3.05) is 7.11 Å². The van der Waals surface area contributed by atoms with Crippen molar-refractivity contribution in [1.82, 2.24) is 4.98 Å². The minimum Gasteiger partial charge on any atom is -0.493 e. The van der Waals surface area contributed by atoms with E-state index in [1.807, 2.05) is 18.2 Å². The standard InChI is InChI=1S/C14H13Cl2NO2/c1-18-13-7-11(16)6-10(8-15)14(13)19-9-12-4-2-3-5-17-12/h2-7H,8-9H2,1H3. The number of halogens is 2. The van der Waals surface area contributed by atoms with Crippen LogP contribution in [-0.2, 0) is 12.5 Å². The summed E-state index contributed by atoms with van der Waals surface area (Å²) in [6, 6.07) is 9.13. The van der Waals surface area contributed by atoms with Gasteiger partial charge < -0.3 is 9.47 Å². The second kappa shape index (κ2) is 6.64. The Kier molecular flexibility index (Phi) is 4.88. The molecule has 0 bridgehead atoms. The lowest BCUT2D eigenvalue weighted by Gasteiger charge is -2.14. The highest BCUT2D eigenvalue weighted by molar-refractivity contribution is 6.31. The number of nitrogens with zero attached hydrogens (tertiary/aromatic N) is 1. The predicted octanol–water partition coefficient (Wildman–Crippen LogP) is 4.06. The van der Waals surface area contributed by atoms with E-state index in [0.717, 1.165) is 11.3 Å². The first-order chi connectivity index (χ1) is 9.24. The lowest BCUT2D eigenvalue weighted by atomic mass is 10.2. The van der Waals surface area contributed by atoms with Gasteiger partial charge in [-0.05, 0) is 18.2 Å². The van der Waals surface area contributed by atoms with Gasteiger partial charge in [-0.15, -0.1) is 11.6 Å². The summed E-state index contributed by atoms with van der Waals surface area (Å²) in [6.07, 6.45) is 1.72. The van der Waals surface area contributed by atoms with Gasteiger partial charge in [0.1, 0.15) is 6.61 Å². The minimum atomic E-state index is 0.300. The van der Waals surface area contributed by atoms with Crippen molar-refractivity contribution in [1.29, 1.82) is 0 Å². The molecule has 0 radical (unpaired) electrons. The molecule has 0 saturated carbocycles. The number of pyridine rings is 1. The third kappa shape index (κ3) is 3.52. The molecule has 1 aromatic carbocycles. The molecule has 5 heteroatoms. The number of benzene rings is 1. The van der Waals surface area contributed by atoms with Crippen molar-refractivity contribution in [3.8, 4) is 11.5 Å². The molecule has 1 aromatic heterocycles. The van der Waals surface area contributed by atoms with Crippen molar-refractivity contribution >= 4 is 23.2 Å². The van der Waals surface area contributed by atoms with Gasteiger partial charge in [0, 0.05) is 22.8 Å². The molecule has 2 rings (SSSR count). The third-order valence-electron chi connectivity index (χ3n) is 2.55. The average Bonchev–Trinajstić information content (AvgIpc) is 2.46. The van der Waals surface area contributed by atoms with Crippen LogP contribution in [-0.4, -0.2) is 12.1 Å². The van der Waals surface area contributed by atoms with E-state index in [-0.39, 0.29) is 0 Å². The van der Waals surface area contributed by atoms with Crippen LogP contribution in [0.15, 0.2) is 36.5 Å². The summed E-state index contributed by atoms with van der Waals surface area (Å²) < 4.78 is 11.0. The predicted molar refractivity (Wildman–Crippen MR) is 76.1 cm³/mol. The van der Waals surface area contributed by atoms with Gasteiger partial charge in [0.15, 0.2) is 11.5 Å². The number of aromatic nitrogens is 1. The molecule has 2 aromatic rings. The van der Waals surface area contributed by atoms with Crippen LogP contribution in [0.1, 0.15) is 11.3 Å². The average molecular weight is 298 g/mol. The van der Waals surface area contributed by atoms with Crippen molar-refractivity contribution in [2.45, 2.75) is 12.5 Å². The maximum Gasteiger partial charge on any atom is 0.166 e. The van der Waals surface area contributed by atoms with Crippen LogP contribution < -0.4 is 9.47 Å². The first-order valence-corrected chi connectivity index (χ1v) is 6.61. The Morgan fingerprint density at radius 3 is 2.74 bits per heavy atom. The van der Waals surface area contributed by atoms with Crippen LogP contribution in [0.25, 0.3) is 0 Å². The van der Waals surface area contributed by atoms with E-state index in [9.17, 15) is 0 Å². The number of alkyl halides is 1. The highest BCUT2D eigenvalue weighted by Gasteiger charge is 2.12. The van der Waals surface area contributed by atoms with Gasteiger partial charge in [-0.3, -0.25) is 4.98 Å². The largest absolute Gasteiger partial charge is 0.493 e. The Labute approximate surface area is 122 Å². The molecule has 0 saturated heterocycles. The highest BCUT2D eigenvalue weighted by atomic mass is 35.5. The molecule has 0 N–H and O–H groups in total. The van der Waals surface area contributed by atoms with E-state index in [4.69, 9.17) is 32.7 Å². The summed E-state index contributed by atoms with van der Waals surface area (Å²) in [5, 5.41) is 0.567. The van der Waals surface area contributed by atoms with Crippen LogP contribution in [0.2, 0.25) is 5.02 Å². The second-order valence-electron chi connectivity index (χ2n) is 3.84. The minimum absolute atomic E-state index is 0.300. The quantitative estimate of drug-likeness (QED) is 0.780. The molecule has 3 nitrogen and oxygen atoms in total. The molecule has 1 heterocycles. The molecule has 0 amide bonds. The normalized spacial score (nSPS) is 10.3. The summed E-state index contributed by atoms with van der Waals surface area (Å²) in [4.78, 5) is 4.20.